The highest BCUT2D eigenvalue weighted by Gasteiger charge is 2.33. The van der Waals surface area contributed by atoms with Crippen LogP contribution < -0.4 is 5.32 Å². The van der Waals surface area contributed by atoms with Gasteiger partial charge in [0, 0.05) is 11.1 Å². The third-order valence-corrected chi connectivity index (χ3v) is 3.97. The summed E-state index contributed by atoms with van der Waals surface area (Å²) >= 11 is 0. The number of rotatable bonds is 2. The molecule has 7 nitrogen and oxygen atoms in total. The van der Waals surface area contributed by atoms with Crippen LogP contribution in [0.25, 0.3) is 27.6 Å². The summed E-state index contributed by atoms with van der Waals surface area (Å²) in [6, 6.07) is 10.6. The monoisotopic (exact) mass is 373 g/mol. The van der Waals surface area contributed by atoms with Gasteiger partial charge in [0.05, 0.1) is 11.0 Å². The third-order valence-electron chi connectivity index (χ3n) is 3.97. The van der Waals surface area contributed by atoms with Gasteiger partial charge < -0.3 is 5.11 Å². The first-order valence-electron chi connectivity index (χ1n) is 7.64. The van der Waals surface area contributed by atoms with Crippen molar-refractivity contribution >= 4 is 33.6 Å². The maximum absolute atomic E-state index is 12.6. The molecular weight excluding hydrogens is 363 g/mol. The van der Waals surface area contributed by atoms with E-state index in [9.17, 15) is 18.0 Å². The molecule has 0 aliphatic rings. The van der Waals surface area contributed by atoms with Gasteiger partial charge in [-0.1, -0.05) is 12.1 Å². The van der Waals surface area contributed by atoms with Crippen molar-refractivity contribution < 1.29 is 23.1 Å². The second kappa shape index (κ2) is 5.94. The molecule has 10 heteroatoms. The fourth-order valence-corrected chi connectivity index (χ4v) is 2.80. The zero-order valence-electron chi connectivity index (χ0n) is 13.4. The minimum Gasteiger partial charge on any atom is -0.465 e. The molecule has 0 saturated heterocycles. The third kappa shape index (κ3) is 3.01. The number of hydrogen-bond acceptors (Lipinski definition) is 4. The van der Waals surface area contributed by atoms with Crippen LogP contribution >= 0.6 is 0 Å². The summed E-state index contributed by atoms with van der Waals surface area (Å²) in [4.78, 5) is 15.1. The normalized spacial score (nSPS) is 11.8. The van der Waals surface area contributed by atoms with Gasteiger partial charge in [-0.25, -0.2) is 9.78 Å². The first kappa shape index (κ1) is 16.8. The Morgan fingerprint density at radius 2 is 1.89 bits per heavy atom. The first-order chi connectivity index (χ1) is 12.8. The molecule has 2 aromatic carbocycles. The number of imidazole rings is 1. The summed E-state index contributed by atoms with van der Waals surface area (Å²) in [7, 11) is 0. The summed E-state index contributed by atoms with van der Waals surface area (Å²) in [6.07, 6.45) is -4.27. The Labute approximate surface area is 149 Å². The fraction of sp³-hybridized carbons (Fsp3) is 0.0588. The molecule has 2 N–H and O–H groups in total. The molecular formula is C17H10F3N5O2. The molecule has 0 radical (unpaired) electrons. The number of anilines is 1. The highest BCUT2D eigenvalue weighted by atomic mass is 19.4. The molecule has 0 fully saturated rings. The van der Waals surface area contributed by atoms with Gasteiger partial charge in [-0.2, -0.15) is 13.2 Å². The van der Waals surface area contributed by atoms with E-state index in [-0.39, 0.29) is 5.82 Å². The summed E-state index contributed by atoms with van der Waals surface area (Å²) in [5, 5.41) is 19.5. The Hall–Kier alpha value is -3.69. The topological polar surface area (TPSA) is 92.9 Å². The second-order valence-corrected chi connectivity index (χ2v) is 5.69. The van der Waals surface area contributed by atoms with E-state index >= 15 is 0 Å². The van der Waals surface area contributed by atoms with Crippen LogP contribution in [0, 0.1) is 0 Å². The lowest BCUT2D eigenvalue weighted by atomic mass is 10.1. The fourth-order valence-electron chi connectivity index (χ4n) is 2.80. The van der Waals surface area contributed by atoms with Crippen molar-refractivity contribution in [1.82, 2.24) is 19.7 Å². The quantitative estimate of drug-likeness (QED) is 0.552. The Morgan fingerprint density at radius 1 is 1.07 bits per heavy atom. The van der Waals surface area contributed by atoms with Crippen molar-refractivity contribution in [3.05, 3.63) is 54.5 Å². The molecule has 27 heavy (non-hydrogen) atoms. The number of carboxylic acid groups (broad SMARTS) is 1. The summed E-state index contributed by atoms with van der Waals surface area (Å²) in [6.45, 7) is 0. The van der Waals surface area contributed by atoms with Crippen LogP contribution in [0.4, 0.5) is 23.7 Å². The molecule has 0 spiro atoms. The van der Waals surface area contributed by atoms with Crippen molar-refractivity contribution in [3.8, 4) is 5.82 Å². The number of nitrogens with zero attached hydrogens (tertiary/aromatic N) is 4. The van der Waals surface area contributed by atoms with E-state index in [0.717, 1.165) is 16.8 Å². The van der Waals surface area contributed by atoms with Gasteiger partial charge in [0.1, 0.15) is 6.33 Å². The maximum Gasteiger partial charge on any atom is 0.435 e. The van der Waals surface area contributed by atoms with E-state index in [0.29, 0.717) is 16.7 Å². The standard InChI is InChI=1S/C17H10F3N5O2/c18-17(19,20)13-5-6-14(24-23-13)25-8-21-15-11-3-2-10(22-16(26)27)7-9(11)1-4-12(15)25/h1-8,22H,(H,26,27). The SMILES string of the molecule is O=C(O)Nc1ccc2c(ccc3c2ncn3-c2ccc(C(F)(F)F)nn2)c1. The lowest BCUT2D eigenvalue weighted by molar-refractivity contribution is -0.141. The second-order valence-electron chi connectivity index (χ2n) is 5.69. The van der Waals surface area contributed by atoms with Crippen LogP contribution in [0.3, 0.4) is 0 Å². The van der Waals surface area contributed by atoms with Crippen molar-refractivity contribution in [2.24, 2.45) is 0 Å². The molecule has 0 bridgehead atoms. The lowest BCUT2D eigenvalue weighted by Gasteiger charge is -2.07. The number of amides is 1. The number of hydrogen-bond donors (Lipinski definition) is 2. The van der Waals surface area contributed by atoms with Crippen molar-refractivity contribution in [3.63, 3.8) is 0 Å². The predicted molar refractivity (Wildman–Crippen MR) is 90.8 cm³/mol. The van der Waals surface area contributed by atoms with Crippen LogP contribution in [0.2, 0.25) is 0 Å². The summed E-state index contributed by atoms with van der Waals surface area (Å²) < 4.78 is 39.4. The average molecular weight is 373 g/mol. The highest BCUT2D eigenvalue weighted by Crippen LogP contribution is 2.29. The largest absolute Gasteiger partial charge is 0.465 e. The van der Waals surface area contributed by atoms with Crippen LogP contribution in [-0.4, -0.2) is 30.9 Å². The van der Waals surface area contributed by atoms with E-state index in [1.807, 2.05) is 0 Å². The number of nitrogens with one attached hydrogen (secondary N) is 1. The highest BCUT2D eigenvalue weighted by molar-refractivity contribution is 6.06. The number of benzene rings is 2. The molecule has 4 aromatic rings. The van der Waals surface area contributed by atoms with Crippen LogP contribution in [0.1, 0.15) is 5.69 Å². The van der Waals surface area contributed by atoms with Gasteiger partial charge in [-0.3, -0.25) is 9.88 Å². The van der Waals surface area contributed by atoms with Crippen LogP contribution in [0.15, 0.2) is 48.8 Å². The van der Waals surface area contributed by atoms with Crippen molar-refractivity contribution in [2.45, 2.75) is 6.18 Å². The van der Waals surface area contributed by atoms with Crippen LogP contribution in [-0.2, 0) is 6.18 Å². The van der Waals surface area contributed by atoms with Crippen molar-refractivity contribution in [1.29, 1.82) is 0 Å². The van der Waals surface area contributed by atoms with Crippen LogP contribution in [0.5, 0.6) is 0 Å². The molecule has 0 saturated carbocycles. The molecule has 0 aliphatic carbocycles. The molecule has 1 amide bonds. The van der Waals surface area contributed by atoms with Gasteiger partial charge in [0.15, 0.2) is 11.5 Å². The van der Waals surface area contributed by atoms with Crippen molar-refractivity contribution in [2.75, 3.05) is 5.32 Å². The number of halogens is 3. The molecule has 0 aliphatic heterocycles. The van der Waals surface area contributed by atoms with E-state index < -0.39 is 18.0 Å². The maximum atomic E-state index is 12.6. The molecule has 4 rings (SSSR count). The van der Waals surface area contributed by atoms with E-state index in [2.05, 4.69) is 20.5 Å². The Bertz CT molecular complexity index is 1170. The van der Waals surface area contributed by atoms with Gasteiger partial charge in [0.2, 0.25) is 0 Å². The number of fused-ring (bicyclic) bond motifs is 3. The number of aromatic nitrogens is 4. The van der Waals surface area contributed by atoms with Gasteiger partial charge in [-0.15, -0.1) is 10.2 Å². The smallest absolute Gasteiger partial charge is 0.435 e. The zero-order chi connectivity index (χ0) is 19.2. The zero-order valence-corrected chi connectivity index (χ0v) is 13.4. The van der Waals surface area contributed by atoms with E-state index in [1.165, 1.54) is 17.0 Å². The van der Waals surface area contributed by atoms with Gasteiger partial charge in [0.25, 0.3) is 0 Å². The first-order valence-corrected chi connectivity index (χ1v) is 7.64. The predicted octanol–water partition coefficient (Wildman–Crippen LogP) is 4.08. The molecule has 0 atom stereocenters. The lowest BCUT2D eigenvalue weighted by Crippen LogP contribution is -2.10. The molecule has 0 unspecified atom stereocenters. The molecule has 2 heterocycles. The van der Waals surface area contributed by atoms with E-state index in [4.69, 9.17) is 5.11 Å². The van der Waals surface area contributed by atoms with Gasteiger partial charge >= 0.3 is 12.3 Å². The Kier molecular flexibility index (Phi) is 3.69. The average Bonchev–Trinajstić information content (AvgIpc) is 3.04. The summed E-state index contributed by atoms with van der Waals surface area (Å²) in [5.41, 5.74) is 0.591. The summed E-state index contributed by atoms with van der Waals surface area (Å²) in [5.74, 6) is 0.203. The van der Waals surface area contributed by atoms with E-state index in [1.54, 1.807) is 30.3 Å². The number of carbonyl (C=O) groups is 1. The molecule has 2 aromatic heterocycles. The Balaban J connectivity index is 1.79. The minimum absolute atomic E-state index is 0.203. The Morgan fingerprint density at radius 3 is 2.56 bits per heavy atom. The number of alkyl halides is 3. The minimum atomic E-state index is -4.56. The molecule has 136 valence electrons. The van der Waals surface area contributed by atoms with Gasteiger partial charge in [-0.05, 0) is 35.7 Å².